The van der Waals surface area contributed by atoms with Gasteiger partial charge >= 0.3 is 5.97 Å². The minimum atomic E-state index is -0.237. The molecule has 1 aromatic rings. The van der Waals surface area contributed by atoms with Crippen molar-refractivity contribution in [3.8, 4) is 0 Å². The third-order valence-electron chi connectivity index (χ3n) is 3.77. The molecule has 1 aromatic carbocycles. The molecule has 0 amide bonds. The van der Waals surface area contributed by atoms with Crippen LogP contribution < -0.4 is 0 Å². The molecule has 0 aliphatic carbocycles. The highest BCUT2D eigenvalue weighted by Gasteiger charge is 2.32. The van der Waals surface area contributed by atoms with Crippen molar-refractivity contribution in [3.05, 3.63) is 33.8 Å². The van der Waals surface area contributed by atoms with Gasteiger partial charge in [0.15, 0.2) is 0 Å². The van der Waals surface area contributed by atoms with Crippen LogP contribution in [-0.2, 0) is 19.6 Å². The normalized spacial score (nSPS) is 25.0. The van der Waals surface area contributed by atoms with Crippen molar-refractivity contribution in [1.29, 1.82) is 0 Å². The first kappa shape index (κ1) is 18.1. The van der Waals surface area contributed by atoms with Crippen molar-refractivity contribution < 1.29 is 14.3 Å². The summed E-state index contributed by atoms with van der Waals surface area (Å²) in [7, 11) is 0. The van der Waals surface area contributed by atoms with E-state index in [1.54, 1.807) is 11.8 Å². The molecule has 0 spiro atoms. The van der Waals surface area contributed by atoms with Crippen molar-refractivity contribution in [1.82, 2.24) is 0 Å². The molecule has 3 atom stereocenters. The molecule has 6 heteroatoms. The fourth-order valence-electron chi connectivity index (χ4n) is 2.71. The van der Waals surface area contributed by atoms with Gasteiger partial charge in [0.05, 0.1) is 6.10 Å². The summed E-state index contributed by atoms with van der Waals surface area (Å²) < 4.78 is 11.6. The summed E-state index contributed by atoms with van der Waals surface area (Å²) in [5.74, 6) is -0.237. The predicted molar refractivity (Wildman–Crippen MR) is 94.7 cm³/mol. The quantitative estimate of drug-likeness (QED) is 0.519. The summed E-state index contributed by atoms with van der Waals surface area (Å²) >= 11 is 11.4. The number of hydrogen-bond acceptors (Lipinski definition) is 4. The first-order chi connectivity index (χ1) is 10.4. The molecule has 1 fully saturated rings. The first-order valence-corrected chi connectivity index (χ1v) is 9.93. The van der Waals surface area contributed by atoms with Crippen LogP contribution in [0.15, 0.2) is 12.1 Å². The summed E-state index contributed by atoms with van der Waals surface area (Å²) in [5, 5.41) is 1.46. The van der Waals surface area contributed by atoms with E-state index >= 15 is 0 Å². The Morgan fingerprint density at radius 2 is 2.23 bits per heavy atom. The number of carbonyl (C=O) groups excluding carboxylic acids is 1. The summed E-state index contributed by atoms with van der Waals surface area (Å²) in [6.07, 6.45) is 3.24. The zero-order chi connectivity index (χ0) is 16.3. The molecule has 0 aromatic heterocycles. The number of ether oxygens (including phenoxy) is 2. The Balaban J connectivity index is 2.27. The highest BCUT2D eigenvalue weighted by Crippen LogP contribution is 2.39. The number of hydrogen-bond donors (Lipinski definition) is 0. The van der Waals surface area contributed by atoms with Gasteiger partial charge in [-0.2, -0.15) is 0 Å². The highest BCUT2D eigenvalue weighted by molar-refractivity contribution is 9.08. The van der Waals surface area contributed by atoms with Gasteiger partial charge in [-0.15, -0.1) is 11.8 Å². The van der Waals surface area contributed by atoms with Crippen LogP contribution in [0.4, 0.5) is 0 Å². The maximum atomic E-state index is 11.3. The Kier molecular flexibility index (Phi) is 6.62. The van der Waals surface area contributed by atoms with Gasteiger partial charge in [0.1, 0.15) is 11.5 Å². The number of thioether (sulfide) groups is 1. The second-order valence-corrected chi connectivity index (χ2v) is 7.39. The van der Waals surface area contributed by atoms with Crippen molar-refractivity contribution in [2.45, 2.75) is 49.7 Å². The molecule has 22 heavy (non-hydrogen) atoms. The molecule has 1 aliphatic rings. The average Bonchev–Trinajstić information content (AvgIpc) is 2.46. The van der Waals surface area contributed by atoms with Gasteiger partial charge in [0, 0.05) is 30.1 Å². The van der Waals surface area contributed by atoms with Crippen LogP contribution in [0.3, 0.4) is 0 Å². The average molecular weight is 408 g/mol. The lowest BCUT2D eigenvalue weighted by Gasteiger charge is -2.35. The van der Waals surface area contributed by atoms with E-state index in [0.717, 1.165) is 28.1 Å². The second kappa shape index (κ2) is 8.04. The van der Waals surface area contributed by atoms with Crippen LogP contribution in [0, 0.1) is 6.92 Å². The van der Waals surface area contributed by atoms with E-state index in [4.69, 9.17) is 21.1 Å². The molecule has 1 aliphatic heterocycles. The van der Waals surface area contributed by atoms with Gasteiger partial charge < -0.3 is 9.47 Å². The number of alkyl halides is 1. The van der Waals surface area contributed by atoms with E-state index in [2.05, 4.69) is 22.0 Å². The van der Waals surface area contributed by atoms with Gasteiger partial charge in [0.25, 0.3) is 0 Å². The lowest BCUT2D eigenvalue weighted by atomic mass is 9.94. The number of halogens is 2. The zero-order valence-electron chi connectivity index (χ0n) is 12.9. The molecule has 1 saturated heterocycles. The van der Waals surface area contributed by atoms with Crippen molar-refractivity contribution in [2.75, 3.05) is 6.26 Å². The maximum absolute atomic E-state index is 11.3. The van der Waals surface area contributed by atoms with Crippen LogP contribution >= 0.6 is 39.3 Å². The monoisotopic (exact) mass is 406 g/mol. The maximum Gasteiger partial charge on any atom is 0.302 e. The van der Waals surface area contributed by atoms with Crippen LogP contribution in [0.2, 0.25) is 5.02 Å². The number of aryl methyl sites for hydroxylation is 1. The summed E-state index contributed by atoms with van der Waals surface area (Å²) in [4.78, 5) is 11.3. The fourth-order valence-corrected chi connectivity index (χ4v) is 4.28. The van der Waals surface area contributed by atoms with E-state index in [0.29, 0.717) is 11.8 Å². The largest absolute Gasteiger partial charge is 0.462 e. The van der Waals surface area contributed by atoms with E-state index in [1.807, 2.05) is 19.2 Å². The molecule has 3 nitrogen and oxygen atoms in total. The molecule has 122 valence electrons. The molecule has 0 bridgehead atoms. The second-order valence-electron chi connectivity index (χ2n) is 5.43. The predicted octanol–water partition coefficient (Wildman–Crippen LogP) is 5.02. The van der Waals surface area contributed by atoms with E-state index in [-0.39, 0.29) is 23.6 Å². The van der Waals surface area contributed by atoms with E-state index in [9.17, 15) is 4.79 Å². The SMILES string of the molecule is CSC1CC(OC(C)=O)CC(c2cc(CBr)c(Cl)cc2C)O1. The minimum absolute atomic E-state index is 0.0330. The fraction of sp³-hybridized carbons (Fsp3) is 0.562. The van der Waals surface area contributed by atoms with Crippen LogP contribution in [0.1, 0.15) is 42.6 Å². The van der Waals surface area contributed by atoms with Crippen LogP contribution in [0.5, 0.6) is 0 Å². The van der Waals surface area contributed by atoms with Gasteiger partial charge in [-0.1, -0.05) is 33.6 Å². The Bertz CT molecular complexity index is 552. The molecule has 1 heterocycles. The summed E-state index contributed by atoms with van der Waals surface area (Å²) in [6.45, 7) is 3.49. The number of rotatable bonds is 4. The molecule has 0 radical (unpaired) electrons. The highest BCUT2D eigenvalue weighted by atomic mass is 79.9. The Labute approximate surface area is 149 Å². The van der Waals surface area contributed by atoms with E-state index < -0.39 is 0 Å². The molecule has 0 saturated carbocycles. The smallest absolute Gasteiger partial charge is 0.302 e. The minimum Gasteiger partial charge on any atom is -0.462 e. The van der Waals surface area contributed by atoms with Crippen molar-refractivity contribution in [3.63, 3.8) is 0 Å². The Morgan fingerprint density at radius 3 is 2.82 bits per heavy atom. The third kappa shape index (κ3) is 4.40. The lowest BCUT2D eigenvalue weighted by Crippen LogP contribution is -2.32. The van der Waals surface area contributed by atoms with Crippen LogP contribution in [-0.4, -0.2) is 23.8 Å². The van der Waals surface area contributed by atoms with Gasteiger partial charge in [0.2, 0.25) is 0 Å². The summed E-state index contributed by atoms with van der Waals surface area (Å²) in [5.41, 5.74) is 3.30. The Morgan fingerprint density at radius 1 is 1.50 bits per heavy atom. The number of carbonyl (C=O) groups is 1. The molecule has 2 rings (SSSR count). The van der Waals surface area contributed by atoms with Gasteiger partial charge in [-0.25, -0.2) is 0 Å². The number of esters is 1. The van der Waals surface area contributed by atoms with Crippen molar-refractivity contribution in [2.24, 2.45) is 0 Å². The van der Waals surface area contributed by atoms with Crippen molar-refractivity contribution >= 4 is 45.3 Å². The van der Waals surface area contributed by atoms with Gasteiger partial charge in [-0.3, -0.25) is 4.79 Å². The molecule has 3 unspecified atom stereocenters. The standard InChI is InChI=1S/C16H20BrClO3S/c1-9-4-14(18)11(8-17)5-13(9)15-6-12(20-10(2)19)7-16(21-15)22-3/h4-5,12,15-16H,6-8H2,1-3H3. The van der Waals surface area contributed by atoms with E-state index in [1.165, 1.54) is 6.92 Å². The zero-order valence-corrected chi connectivity index (χ0v) is 16.1. The molecule has 0 N–H and O–H groups in total. The number of benzene rings is 1. The topological polar surface area (TPSA) is 35.5 Å². The molecular weight excluding hydrogens is 388 g/mol. The van der Waals surface area contributed by atoms with Crippen LogP contribution in [0.25, 0.3) is 0 Å². The Hall–Kier alpha value is -0.230. The summed E-state index contributed by atoms with van der Waals surface area (Å²) in [6, 6.07) is 4.06. The van der Waals surface area contributed by atoms with Gasteiger partial charge in [-0.05, 0) is 35.9 Å². The third-order valence-corrected chi connectivity index (χ3v) is 5.56. The first-order valence-electron chi connectivity index (χ1n) is 7.15. The lowest BCUT2D eigenvalue weighted by molar-refractivity contribution is -0.155. The molecular formula is C16H20BrClO3S.